The fourth-order valence-electron chi connectivity index (χ4n) is 7.83. The first-order chi connectivity index (χ1) is 25.6. The highest BCUT2D eigenvalue weighted by Crippen LogP contribution is 2.48. The van der Waals surface area contributed by atoms with Gasteiger partial charge in [-0.25, -0.2) is 9.59 Å². The molecular weight excluding hydrogens is 668 g/mol. The Morgan fingerprint density at radius 2 is 1.74 bits per heavy atom. The van der Waals surface area contributed by atoms with E-state index in [1.807, 2.05) is 45.0 Å². The van der Waals surface area contributed by atoms with Crippen molar-refractivity contribution in [2.24, 2.45) is 5.92 Å². The zero-order valence-electron chi connectivity index (χ0n) is 30.9. The number of hydrogen-bond donors (Lipinski definition) is 0. The summed E-state index contributed by atoms with van der Waals surface area (Å²) in [5.74, 6) is 6.13. The van der Waals surface area contributed by atoms with Crippen molar-refractivity contribution in [2.75, 3.05) is 13.7 Å². The molecule has 3 aliphatic heterocycles. The average Bonchev–Trinajstić information content (AvgIpc) is 3.13. The molecule has 0 aliphatic carbocycles. The molecule has 3 aliphatic rings. The monoisotopic (exact) mass is 714 g/mol. The maximum atomic E-state index is 14.4. The van der Waals surface area contributed by atoms with Crippen molar-refractivity contribution < 1.29 is 33.0 Å². The van der Waals surface area contributed by atoms with Crippen molar-refractivity contribution >= 4 is 22.9 Å². The molecule has 0 N–H and O–H groups in total. The molecule has 53 heavy (non-hydrogen) atoms. The Balaban J connectivity index is 1.40. The second-order valence-corrected chi connectivity index (χ2v) is 14.9. The fraction of sp³-hybridized carbons (Fsp3) is 0.400. The molecular formula is C45H46O8. The van der Waals surface area contributed by atoms with Crippen LogP contribution < -0.4 is 10.4 Å². The highest BCUT2D eigenvalue weighted by molar-refractivity contribution is 5.90. The van der Waals surface area contributed by atoms with Crippen molar-refractivity contribution in [3.8, 4) is 17.6 Å². The van der Waals surface area contributed by atoms with E-state index in [1.165, 1.54) is 5.56 Å². The summed E-state index contributed by atoms with van der Waals surface area (Å²) in [5, 5.41) is 0.630. The molecule has 8 nitrogen and oxygen atoms in total. The number of benzene rings is 3. The number of fused-ring (bicyclic) bond motifs is 7. The Hall–Kier alpha value is -5.13. The van der Waals surface area contributed by atoms with E-state index >= 15 is 0 Å². The van der Waals surface area contributed by atoms with Gasteiger partial charge in [0.1, 0.15) is 11.3 Å². The van der Waals surface area contributed by atoms with Crippen LogP contribution in [-0.2, 0) is 55.9 Å². The molecule has 0 saturated heterocycles. The van der Waals surface area contributed by atoms with Crippen LogP contribution in [0.25, 0.3) is 11.0 Å². The molecule has 4 atom stereocenters. The Labute approximate surface area is 310 Å². The van der Waals surface area contributed by atoms with Crippen LogP contribution in [-0.4, -0.2) is 37.4 Å². The van der Waals surface area contributed by atoms with Crippen LogP contribution in [0.4, 0.5) is 0 Å². The van der Waals surface area contributed by atoms with Gasteiger partial charge >= 0.3 is 17.6 Å². The van der Waals surface area contributed by atoms with E-state index in [2.05, 4.69) is 42.2 Å². The SMILES string of the molecule is COCCc1cc2ccc3c(c2oc1=O)C1OC(=O)CC(CCc2ccccc2)Cc2ccc4cc2CC#CCC(C)(O3)C1OC(=O)C(=C(C)C)CC4. The molecule has 0 spiro atoms. The van der Waals surface area contributed by atoms with E-state index in [-0.39, 0.29) is 24.3 Å². The molecule has 8 heteroatoms. The van der Waals surface area contributed by atoms with Gasteiger partial charge in [0.25, 0.3) is 0 Å². The number of rotatable bonds is 6. The molecule has 1 aromatic heterocycles. The maximum absolute atomic E-state index is 14.4. The summed E-state index contributed by atoms with van der Waals surface area (Å²) in [5.41, 5.74) is 5.31. The van der Waals surface area contributed by atoms with Crippen LogP contribution in [0.15, 0.2) is 87.1 Å². The lowest BCUT2D eigenvalue weighted by molar-refractivity contribution is -0.190. The third-order valence-electron chi connectivity index (χ3n) is 10.8. The first kappa shape index (κ1) is 36.2. The third kappa shape index (κ3) is 7.82. The van der Waals surface area contributed by atoms with Gasteiger partial charge in [0.2, 0.25) is 0 Å². The quantitative estimate of drug-likeness (QED) is 0.0866. The number of carbonyl (C=O) groups excluding carboxylic acids is 2. The van der Waals surface area contributed by atoms with Crippen LogP contribution in [0.2, 0.25) is 0 Å². The van der Waals surface area contributed by atoms with Gasteiger partial charge in [-0.15, -0.1) is 0 Å². The van der Waals surface area contributed by atoms with Gasteiger partial charge in [-0.3, -0.25) is 4.79 Å². The molecule has 274 valence electrons. The maximum Gasteiger partial charge on any atom is 0.339 e. The second kappa shape index (κ2) is 15.5. The Morgan fingerprint density at radius 1 is 0.906 bits per heavy atom. The molecule has 4 heterocycles. The van der Waals surface area contributed by atoms with E-state index in [0.717, 1.165) is 35.1 Å². The molecule has 0 saturated carbocycles. The lowest BCUT2D eigenvalue weighted by Gasteiger charge is -2.44. The van der Waals surface area contributed by atoms with Crippen molar-refractivity contribution in [1.82, 2.24) is 0 Å². The van der Waals surface area contributed by atoms with Crippen LogP contribution in [0.5, 0.6) is 5.75 Å². The number of esters is 2. The smallest absolute Gasteiger partial charge is 0.339 e. The first-order valence-electron chi connectivity index (χ1n) is 18.6. The standard InChI is InChI=1S/C45H46O8/c1-28(2)36-19-16-30-15-17-33-25-31(14-13-29-10-6-5-7-11-29)26-38(46)50-41-39-37(20-18-34-27-35(21-23-49-4)43(47)51-40(34)39)53-45(3,42(41)52-44(36)48)22-9-8-12-32(33)24-30/h5-7,10-11,15,17-18,20,24,27,31,41-42H,12-14,16,19,21-23,25-26H2,1-4H3. The summed E-state index contributed by atoms with van der Waals surface area (Å²) in [6.45, 7) is 6.00. The Kier molecular flexibility index (Phi) is 10.6. The highest BCUT2D eigenvalue weighted by Gasteiger charge is 2.53. The van der Waals surface area contributed by atoms with Gasteiger partial charge in [-0.2, -0.15) is 0 Å². The van der Waals surface area contributed by atoms with Gasteiger partial charge < -0.3 is 23.4 Å². The molecule has 0 radical (unpaired) electrons. The largest absolute Gasteiger partial charge is 0.482 e. The molecule has 0 fully saturated rings. The molecule has 7 rings (SSSR count). The minimum atomic E-state index is -1.22. The topological polar surface area (TPSA) is 101 Å². The normalized spacial score (nSPS) is 22.7. The van der Waals surface area contributed by atoms with Crippen molar-refractivity contribution in [1.29, 1.82) is 0 Å². The molecule has 3 aromatic carbocycles. The summed E-state index contributed by atoms with van der Waals surface area (Å²) in [6, 6.07) is 22.2. The van der Waals surface area contributed by atoms with E-state index in [9.17, 15) is 14.4 Å². The van der Waals surface area contributed by atoms with Gasteiger partial charge in [-0.1, -0.05) is 65.9 Å². The molecule has 5 bridgehead atoms. The first-order valence-corrected chi connectivity index (χ1v) is 18.6. The summed E-state index contributed by atoms with van der Waals surface area (Å²) >= 11 is 0. The molecule has 4 unspecified atom stereocenters. The van der Waals surface area contributed by atoms with Crippen molar-refractivity contribution in [3.63, 3.8) is 0 Å². The van der Waals surface area contributed by atoms with Gasteiger partial charge in [-0.05, 0) is 99.2 Å². The van der Waals surface area contributed by atoms with E-state index in [0.29, 0.717) is 66.5 Å². The Morgan fingerprint density at radius 3 is 2.53 bits per heavy atom. The summed E-state index contributed by atoms with van der Waals surface area (Å²) in [4.78, 5) is 42.0. The number of aryl methyl sites for hydroxylation is 2. The van der Waals surface area contributed by atoms with Crippen LogP contribution in [0.3, 0.4) is 0 Å². The lowest BCUT2D eigenvalue weighted by atomic mass is 9.83. The van der Waals surface area contributed by atoms with Gasteiger partial charge in [0.05, 0.1) is 18.6 Å². The molecule has 4 aromatic rings. The van der Waals surface area contributed by atoms with E-state index < -0.39 is 35.4 Å². The minimum absolute atomic E-state index is 0.0473. The number of hydrogen-bond acceptors (Lipinski definition) is 8. The predicted molar refractivity (Wildman–Crippen MR) is 202 cm³/mol. The lowest BCUT2D eigenvalue weighted by Crippen LogP contribution is -2.54. The predicted octanol–water partition coefficient (Wildman–Crippen LogP) is 7.74. The minimum Gasteiger partial charge on any atom is -0.482 e. The van der Waals surface area contributed by atoms with Crippen LogP contribution >= 0.6 is 0 Å². The highest BCUT2D eigenvalue weighted by atomic mass is 16.6. The zero-order valence-corrected chi connectivity index (χ0v) is 30.9. The van der Waals surface area contributed by atoms with E-state index in [1.54, 1.807) is 19.2 Å². The number of methoxy groups -OCH3 is 1. The van der Waals surface area contributed by atoms with Gasteiger partial charge in [0, 0.05) is 42.9 Å². The van der Waals surface area contributed by atoms with Crippen molar-refractivity contribution in [3.05, 3.63) is 122 Å². The van der Waals surface area contributed by atoms with Crippen molar-refractivity contribution in [2.45, 2.75) is 96.4 Å². The second-order valence-electron chi connectivity index (χ2n) is 14.9. The summed E-state index contributed by atoms with van der Waals surface area (Å²) < 4.78 is 31.0. The summed E-state index contributed by atoms with van der Waals surface area (Å²) in [6.07, 6.45) is 2.35. The van der Waals surface area contributed by atoms with Crippen LogP contribution in [0.1, 0.15) is 85.9 Å². The number of carbonyl (C=O) groups is 2. The summed E-state index contributed by atoms with van der Waals surface area (Å²) in [7, 11) is 1.58. The third-order valence-corrected chi connectivity index (χ3v) is 10.8. The Bertz CT molecular complexity index is 2180. The number of ether oxygens (including phenoxy) is 4. The fourth-order valence-corrected chi connectivity index (χ4v) is 7.83. The average molecular weight is 715 g/mol. The van der Waals surface area contributed by atoms with Crippen LogP contribution in [0, 0.1) is 17.8 Å². The number of allylic oxidation sites excluding steroid dienone is 1. The van der Waals surface area contributed by atoms with E-state index in [4.69, 9.17) is 23.4 Å². The van der Waals surface area contributed by atoms with Gasteiger partial charge in [0.15, 0.2) is 17.8 Å². The molecule has 0 amide bonds. The zero-order chi connectivity index (χ0) is 37.1.